The Bertz CT molecular complexity index is 1470. The van der Waals surface area contributed by atoms with Gasteiger partial charge < -0.3 is 19.1 Å². The van der Waals surface area contributed by atoms with Crippen molar-refractivity contribution in [1.82, 2.24) is 14.8 Å². The Balaban J connectivity index is 1.22. The minimum absolute atomic E-state index is 0.00726. The summed E-state index contributed by atoms with van der Waals surface area (Å²) < 4.78 is 16.2. The number of aromatic nitrogens is 1. The van der Waals surface area contributed by atoms with Crippen LogP contribution in [0, 0.1) is 0 Å². The van der Waals surface area contributed by atoms with Crippen LogP contribution in [0.1, 0.15) is 15.9 Å². The van der Waals surface area contributed by atoms with Gasteiger partial charge in [0.25, 0.3) is 5.91 Å². The molecule has 188 valence electrons. The van der Waals surface area contributed by atoms with Crippen molar-refractivity contribution >= 4 is 28.4 Å². The molecular formula is C29H26ClN3O4. The van der Waals surface area contributed by atoms with Gasteiger partial charge in [-0.15, -0.1) is 0 Å². The third-order valence-electron chi connectivity index (χ3n) is 6.89. The minimum atomic E-state index is -0.00726. The number of carbonyl (C=O) groups is 1. The highest BCUT2D eigenvalue weighted by atomic mass is 35.5. The predicted molar refractivity (Wildman–Crippen MR) is 142 cm³/mol. The summed E-state index contributed by atoms with van der Waals surface area (Å²) in [5, 5.41) is 1.34. The number of hydrogen-bond acceptors (Lipinski definition) is 6. The summed E-state index contributed by atoms with van der Waals surface area (Å²) in [6, 6.07) is 21.1. The number of rotatable bonds is 5. The fourth-order valence-electron chi connectivity index (χ4n) is 4.86. The number of amides is 1. The van der Waals surface area contributed by atoms with Crippen LogP contribution in [-0.4, -0.2) is 60.8 Å². The molecule has 0 N–H and O–H groups in total. The Morgan fingerprint density at radius 3 is 2.51 bits per heavy atom. The molecule has 0 atom stereocenters. The zero-order valence-corrected chi connectivity index (χ0v) is 21.2. The van der Waals surface area contributed by atoms with Crippen LogP contribution in [0.3, 0.4) is 0 Å². The zero-order valence-electron chi connectivity index (χ0n) is 20.4. The Morgan fingerprint density at radius 1 is 0.946 bits per heavy atom. The molecule has 2 aliphatic heterocycles. The number of nitrogens with zero attached hydrogens (tertiary/aromatic N) is 3. The van der Waals surface area contributed by atoms with Crippen LogP contribution < -0.4 is 14.2 Å². The van der Waals surface area contributed by atoms with E-state index in [1.54, 1.807) is 13.2 Å². The first-order chi connectivity index (χ1) is 18.1. The molecule has 3 heterocycles. The maximum Gasteiger partial charge on any atom is 0.254 e. The molecule has 1 fully saturated rings. The van der Waals surface area contributed by atoms with Gasteiger partial charge in [-0.05, 0) is 66.2 Å². The molecule has 0 bridgehead atoms. The second kappa shape index (κ2) is 9.92. The summed E-state index contributed by atoms with van der Waals surface area (Å²) in [7, 11) is 1.64. The molecule has 0 saturated carbocycles. The Kier molecular flexibility index (Phi) is 6.32. The lowest BCUT2D eigenvalue weighted by atomic mass is 10.0. The molecule has 8 heteroatoms. The first kappa shape index (κ1) is 23.6. The van der Waals surface area contributed by atoms with Gasteiger partial charge in [0, 0.05) is 48.7 Å². The molecule has 1 saturated heterocycles. The molecule has 0 aliphatic carbocycles. The molecule has 2 aliphatic rings. The molecule has 37 heavy (non-hydrogen) atoms. The molecule has 6 rings (SSSR count). The molecule has 1 aromatic heterocycles. The van der Waals surface area contributed by atoms with Gasteiger partial charge in [0.15, 0.2) is 11.5 Å². The summed E-state index contributed by atoms with van der Waals surface area (Å²) in [6.07, 6.45) is 0. The summed E-state index contributed by atoms with van der Waals surface area (Å²) >= 11 is 6.31. The number of halogens is 1. The highest BCUT2D eigenvalue weighted by Gasteiger charge is 2.25. The summed E-state index contributed by atoms with van der Waals surface area (Å²) in [5.41, 5.74) is 4.18. The van der Waals surface area contributed by atoms with Crippen molar-refractivity contribution in [2.24, 2.45) is 0 Å². The van der Waals surface area contributed by atoms with E-state index < -0.39 is 0 Å². The monoisotopic (exact) mass is 515 g/mol. The molecule has 3 aromatic carbocycles. The van der Waals surface area contributed by atoms with Crippen LogP contribution in [-0.2, 0) is 6.54 Å². The largest absolute Gasteiger partial charge is 0.497 e. The molecule has 0 unspecified atom stereocenters. The van der Waals surface area contributed by atoms with Gasteiger partial charge in [0.2, 0.25) is 6.79 Å². The molecule has 4 aromatic rings. The van der Waals surface area contributed by atoms with Crippen molar-refractivity contribution in [2.75, 3.05) is 40.1 Å². The van der Waals surface area contributed by atoms with E-state index in [9.17, 15) is 4.79 Å². The van der Waals surface area contributed by atoms with Gasteiger partial charge in [-0.2, -0.15) is 0 Å². The van der Waals surface area contributed by atoms with Crippen LogP contribution in [0.25, 0.3) is 22.2 Å². The van der Waals surface area contributed by atoms with Crippen molar-refractivity contribution < 1.29 is 19.0 Å². The highest BCUT2D eigenvalue weighted by Crippen LogP contribution is 2.33. The standard InChI is InChI=1S/C29H26ClN3O4/c1-35-22-6-3-20(4-7-22)26-16-24(23-15-21(30)5-8-25(23)31-26)29(34)33-12-10-32(11-13-33)17-19-2-9-27-28(14-19)37-18-36-27/h2-9,14-16H,10-13,17-18H2,1H3. The average molecular weight is 516 g/mol. The number of hydrogen-bond donors (Lipinski definition) is 0. The van der Waals surface area contributed by atoms with Crippen LogP contribution in [0.5, 0.6) is 17.2 Å². The highest BCUT2D eigenvalue weighted by molar-refractivity contribution is 6.31. The number of ether oxygens (including phenoxy) is 3. The maximum atomic E-state index is 13.8. The van der Waals surface area contributed by atoms with Crippen molar-refractivity contribution in [3.63, 3.8) is 0 Å². The third kappa shape index (κ3) is 4.80. The van der Waals surface area contributed by atoms with Crippen molar-refractivity contribution in [3.8, 4) is 28.5 Å². The van der Waals surface area contributed by atoms with Crippen molar-refractivity contribution in [2.45, 2.75) is 6.54 Å². The van der Waals surface area contributed by atoms with Crippen LogP contribution in [0.15, 0.2) is 66.7 Å². The molecule has 0 spiro atoms. The Hall–Kier alpha value is -3.81. The fraction of sp³-hybridized carbons (Fsp3) is 0.241. The topological polar surface area (TPSA) is 64.1 Å². The van der Waals surface area contributed by atoms with Crippen LogP contribution >= 0.6 is 11.6 Å². The number of pyridine rings is 1. The molecule has 0 radical (unpaired) electrons. The van der Waals surface area contributed by atoms with Gasteiger partial charge in [-0.25, -0.2) is 4.98 Å². The van der Waals surface area contributed by atoms with E-state index in [4.69, 9.17) is 30.8 Å². The van der Waals surface area contributed by atoms with Gasteiger partial charge >= 0.3 is 0 Å². The molecular weight excluding hydrogens is 490 g/mol. The normalized spacial score (nSPS) is 15.2. The van der Waals surface area contributed by atoms with Gasteiger partial charge in [-0.1, -0.05) is 17.7 Å². The third-order valence-corrected chi connectivity index (χ3v) is 7.12. The SMILES string of the molecule is COc1ccc(-c2cc(C(=O)N3CCN(Cc4ccc5c(c4)OCO5)CC3)c3cc(Cl)ccc3n2)cc1. The predicted octanol–water partition coefficient (Wildman–Crippen LogP) is 5.25. The number of fused-ring (bicyclic) bond motifs is 2. The quantitative estimate of drug-likeness (QED) is 0.362. The second-order valence-corrected chi connectivity index (χ2v) is 9.64. The van der Waals surface area contributed by atoms with Gasteiger partial charge in [0.05, 0.1) is 23.9 Å². The van der Waals surface area contributed by atoms with E-state index in [-0.39, 0.29) is 12.7 Å². The summed E-state index contributed by atoms with van der Waals surface area (Å²) in [6.45, 7) is 3.94. The summed E-state index contributed by atoms with van der Waals surface area (Å²) in [5.74, 6) is 2.35. The lowest BCUT2D eigenvalue weighted by Gasteiger charge is -2.35. The maximum absolute atomic E-state index is 13.8. The van der Waals surface area contributed by atoms with Gasteiger partial charge in [0.1, 0.15) is 5.75 Å². The number of carbonyl (C=O) groups excluding carboxylic acids is 1. The lowest BCUT2D eigenvalue weighted by Crippen LogP contribution is -2.48. The first-order valence-electron chi connectivity index (χ1n) is 12.2. The van der Waals surface area contributed by atoms with E-state index >= 15 is 0 Å². The van der Waals surface area contributed by atoms with Crippen molar-refractivity contribution in [3.05, 3.63) is 82.9 Å². The van der Waals surface area contributed by atoms with Crippen molar-refractivity contribution in [1.29, 1.82) is 0 Å². The fourth-order valence-corrected chi connectivity index (χ4v) is 5.03. The van der Waals surface area contributed by atoms with Crippen LogP contribution in [0.4, 0.5) is 0 Å². The minimum Gasteiger partial charge on any atom is -0.497 e. The Labute approximate surface area is 220 Å². The smallest absolute Gasteiger partial charge is 0.254 e. The zero-order chi connectivity index (χ0) is 25.4. The van der Waals surface area contributed by atoms with E-state index in [1.165, 1.54) is 5.56 Å². The number of piperazine rings is 1. The van der Waals surface area contributed by atoms with E-state index in [2.05, 4.69) is 11.0 Å². The number of methoxy groups -OCH3 is 1. The number of benzene rings is 3. The summed E-state index contributed by atoms with van der Waals surface area (Å²) in [4.78, 5) is 22.9. The van der Waals surface area contributed by atoms with E-state index in [0.29, 0.717) is 23.7 Å². The average Bonchev–Trinajstić information content (AvgIpc) is 3.41. The van der Waals surface area contributed by atoms with E-state index in [0.717, 1.165) is 59.0 Å². The molecule has 7 nitrogen and oxygen atoms in total. The second-order valence-electron chi connectivity index (χ2n) is 9.20. The van der Waals surface area contributed by atoms with E-state index in [1.807, 2.05) is 59.5 Å². The van der Waals surface area contributed by atoms with Crippen LogP contribution in [0.2, 0.25) is 5.02 Å². The first-order valence-corrected chi connectivity index (χ1v) is 12.6. The Morgan fingerprint density at radius 2 is 1.73 bits per heavy atom. The lowest BCUT2D eigenvalue weighted by molar-refractivity contribution is 0.0630. The molecule has 1 amide bonds. The van der Waals surface area contributed by atoms with Gasteiger partial charge in [-0.3, -0.25) is 9.69 Å².